The molecule has 0 bridgehead atoms. The molecule has 7 heteroatoms. The van der Waals surface area contributed by atoms with Crippen molar-refractivity contribution in [1.82, 2.24) is 5.32 Å². The first-order chi connectivity index (χ1) is 9.32. The van der Waals surface area contributed by atoms with Gasteiger partial charge in [-0.25, -0.2) is 4.79 Å². The maximum Gasteiger partial charge on any atom is 0.411 e. The van der Waals surface area contributed by atoms with Crippen LogP contribution in [0.1, 0.15) is 12.0 Å². The number of ether oxygens (including phenoxy) is 1. The lowest BCUT2D eigenvalue weighted by Gasteiger charge is -2.29. The van der Waals surface area contributed by atoms with Gasteiger partial charge in [-0.1, -0.05) is 30.3 Å². The molecule has 0 aliphatic carbocycles. The van der Waals surface area contributed by atoms with Gasteiger partial charge in [0.25, 0.3) is 0 Å². The van der Waals surface area contributed by atoms with Gasteiger partial charge in [-0.2, -0.15) is 13.2 Å². The van der Waals surface area contributed by atoms with E-state index in [-0.39, 0.29) is 13.0 Å². The Morgan fingerprint density at radius 3 is 2.35 bits per heavy atom. The summed E-state index contributed by atoms with van der Waals surface area (Å²) in [7, 11) is 1.45. The van der Waals surface area contributed by atoms with Crippen molar-refractivity contribution in [3.8, 4) is 0 Å². The maximum atomic E-state index is 12.0. The summed E-state index contributed by atoms with van der Waals surface area (Å²) in [5.41, 5.74) is -1.00. The number of likely N-dealkylation sites (N-methyl/N-ethyl adjacent to an activating group) is 1. The molecule has 1 unspecified atom stereocenters. The average Bonchev–Trinajstić information content (AvgIpc) is 2.39. The second-order valence-corrected chi connectivity index (χ2v) is 4.24. The zero-order valence-corrected chi connectivity index (χ0v) is 10.9. The third-order valence-corrected chi connectivity index (χ3v) is 2.95. The smallest absolute Gasteiger partial charge is 0.411 e. The number of halogens is 3. The number of carboxylic acids is 1. The van der Waals surface area contributed by atoms with Crippen LogP contribution in [0.4, 0.5) is 13.2 Å². The van der Waals surface area contributed by atoms with E-state index < -0.39 is 24.3 Å². The molecular weight excluding hydrogens is 275 g/mol. The van der Waals surface area contributed by atoms with E-state index in [2.05, 4.69) is 10.1 Å². The van der Waals surface area contributed by atoms with E-state index in [0.29, 0.717) is 5.56 Å². The van der Waals surface area contributed by atoms with Crippen molar-refractivity contribution in [2.24, 2.45) is 0 Å². The quantitative estimate of drug-likeness (QED) is 0.756. The molecule has 0 aromatic heterocycles. The lowest BCUT2D eigenvalue weighted by molar-refractivity contribution is -0.175. The molecule has 0 saturated heterocycles. The zero-order valence-electron chi connectivity index (χ0n) is 10.9. The Morgan fingerprint density at radius 2 is 1.90 bits per heavy atom. The molecule has 1 aromatic rings. The molecule has 0 amide bonds. The minimum absolute atomic E-state index is 0.112. The van der Waals surface area contributed by atoms with Crippen LogP contribution >= 0.6 is 0 Å². The summed E-state index contributed by atoms with van der Waals surface area (Å²) in [6.45, 7) is -1.71. The SMILES string of the molecule is CNC(CCOCC(F)(F)F)(C(=O)O)c1ccccc1. The minimum Gasteiger partial charge on any atom is -0.480 e. The molecule has 0 fully saturated rings. The van der Waals surface area contributed by atoms with Gasteiger partial charge in [-0.15, -0.1) is 0 Å². The molecule has 0 radical (unpaired) electrons. The highest BCUT2D eigenvalue weighted by atomic mass is 19.4. The lowest BCUT2D eigenvalue weighted by atomic mass is 9.87. The molecule has 0 heterocycles. The van der Waals surface area contributed by atoms with Crippen LogP contribution in [0, 0.1) is 0 Å². The van der Waals surface area contributed by atoms with Gasteiger partial charge in [0.05, 0.1) is 0 Å². The topological polar surface area (TPSA) is 58.6 Å². The van der Waals surface area contributed by atoms with Gasteiger partial charge >= 0.3 is 12.1 Å². The summed E-state index contributed by atoms with van der Waals surface area (Å²) in [6, 6.07) is 8.27. The van der Waals surface area contributed by atoms with Gasteiger partial charge in [0.1, 0.15) is 12.1 Å². The summed E-state index contributed by atoms with van der Waals surface area (Å²) in [4.78, 5) is 11.5. The highest BCUT2D eigenvalue weighted by molar-refractivity contribution is 5.80. The molecular formula is C13H16F3NO3. The summed E-state index contributed by atoms with van der Waals surface area (Å²) in [5.74, 6) is -1.16. The normalized spacial score (nSPS) is 14.8. The van der Waals surface area contributed by atoms with Gasteiger partial charge in [0.2, 0.25) is 0 Å². The molecule has 0 spiro atoms. The third-order valence-electron chi connectivity index (χ3n) is 2.95. The molecule has 1 rings (SSSR count). The predicted molar refractivity (Wildman–Crippen MR) is 66.3 cm³/mol. The molecule has 1 atom stereocenters. The van der Waals surface area contributed by atoms with Crippen LogP contribution in [0.2, 0.25) is 0 Å². The monoisotopic (exact) mass is 291 g/mol. The number of alkyl halides is 3. The first-order valence-corrected chi connectivity index (χ1v) is 5.94. The van der Waals surface area contributed by atoms with Crippen LogP contribution in [0.5, 0.6) is 0 Å². The largest absolute Gasteiger partial charge is 0.480 e. The van der Waals surface area contributed by atoms with E-state index in [4.69, 9.17) is 0 Å². The molecule has 0 saturated carbocycles. The van der Waals surface area contributed by atoms with Gasteiger partial charge in [0.15, 0.2) is 0 Å². The van der Waals surface area contributed by atoms with Crippen molar-refractivity contribution in [3.63, 3.8) is 0 Å². The molecule has 0 aliphatic heterocycles. The van der Waals surface area contributed by atoms with Crippen molar-refractivity contribution in [2.45, 2.75) is 18.1 Å². The Kier molecular flexibility index (Phi) is 5.52. The maximum absolute atomic E-state index is 12.0. The first-order valence-electron chi connectivity index (χ1n) is 5.94. The summed E-state index contributed by atoms with van der Waals surface area (Å²) in [5, 5.41) is 12.1. The standard InChI is InChI=1S/C13H16F3NO3/c1-17-12(11(18)19,10-5-3-2-4-6-10)7-8-20-9-13(14,15)16/h2-6,17H,7-9H2,1H3,(H,18,19). The number of hydrogen-bond acceptors (Lipinski definition) is 3. The van der Waals surface area contributed by atoms with Crippen LogP contribution in [0.15, 0.2) is 30.3 Å². The minimum atomic E-state index is -4.42. The highest BCUT2D eigenvalue weighted by Crippen LogP contribution is 2.25. The van der Waals surface area contributed by atoms with Gasteiger partial charge < -0.3 is 15.2 Å². The number of benzene rings is 1. The van der Waals surface area contributed by atoms with Crippen molar-refractivity contribution in [1.29, 1.82) is 0 Å². The number of hydrogen-bond donors (Lipinski definition) is 2. The Labute approximate surface area is 114 Å². The Hall–Kier alpha value is -1.60. The summed E-state index contributed by atoms with van der Waals surface area (Å²) >= 11 is 0. The van der Waals surface area contributed by atoms with E-state index in [1.165, 1.54) is 7.05 Å². The number of carbonyl (C=O) groups is 1. The van der Waals surface area contributed by atoms with Crippen molar-refractivity contribution in [3.05, 3.63) is 35.9 Å². The fourth-order valence-electron chi connectivity index (χ4n) is 1.89. The number of nitrogens with one attached hydrogen (secondary N) is 1. The van der Waals surface area contributed by atoms with Gasteiger partial charge in [-0.3, -0.25) is 0 Å². The Morgan fingerprint density at radius 1 is 1.30 bits per heavy atom. The summed E-state index contributed by atoms with van der Waals surface area (Å²) < 4.78 is 40.4. The molecule has 4 nitrogen and oxygen atoms in total. The second kappa shape index (κ2) is 6.71. The van der Waals surface area contributed by atoms with Crippen LogP contribution in [-0.2, 0) is 15.1 Å². The molecule has 2 N–H and O–H groups in total. The highest BCUT2D eigenvalue weighted by Gasteiger charge is 2.39. The van der Waals surface area contributed by atoms with E-state index in [9.17, 15) is 23.1 Å². The van der Waals surface area contributed by atoms with Crippen molar-refractivity contribution >= 4 is 5.97 Å². The predicted octanol–water partition coefficient (Wildman–Crippen LogP) is 2.15. The van der Waals surface area contributed by atoms with Crippen LogP contribution in [0.3, 0.4) is 0 Å². The average molecular weight is 291 g/mol. The van der Waals surface area contributed by atoms with Crippen LogP contribution in [-0.4, -0.2) is 37.5 Å². The molecule has 1 aromatic carbocycles. The fourth-order valence-corrected chi connectivity index (χ4v) is 1.89. The lowest BCUT2D eigenvalue weighted by Crippen LogP contribution is -2.48. The second-order valence-electron chi connectivity index (χ2n) is 4.24. The van der Waals surface area contributed by atoms with E-state index in [1.54, 1.807) is 30.3 Å². The first kappa shape index (κ1) is 16.5. The van der Waals surface area contributed by atoms with Crippen LogP contribution < -0.4 is 5.32 Å². The van der Waals surface area contributed by atoms with Crippen LogP contribution in [0.25, 0.3) is 0 Å². The molecule has 112 valence electrons. The Balaban J connectivity index is 2.78. The number of rotatable bonds is 7. The van der Waals surface area contributed by atoms with E-state index >= 15 is 0 Å². The fraction of sp³-hybridized carbons (Fsp3) is 0.462. The zero-order chi connectivity index (χ0) is 15.2. The van der Waals surface area contributed by atoms with E-state index in [0.717, 1.165) is 0 Å². The van der Waals surface area contributed by atoms with Crippen molar-refractivity contribution in [2.75, 3.05) is 20.3 Å². The number of aliphatic carboxylic acids is 1. The third kappa shape index (κ3) is 4.21. The van der Waals surface area contributed by atoms with Gasteiger partial charge in [0, 0.05) is 13.0 Å². The van der Waals surface area contributed by atoms with Crippen molar-refractivity contribution < 1.29 is 27.8 Å². The molecule has 20 heavy (non-hydrogen) atoms. The van der Waals surface area contributed by atoms with Gasteiger partial charge in [-0.05, 0) is 12.6 Å². The Bertz CT molecular complexity index is 436. The summed E-state index contributed by atoms with van der Waals surface area (Å²) in [6.07, 6.45) is -4.53. The van der Waals surface area contributed by atoms with E-state index in [1.807, 2.05) is 0 Å². The number of carboxylic acid groups (broad SMARTS) is 1. The molecule has 0 aliphatic rings.